The molecule has 0 atom stereocenters. The number of likely N-dealkylation sites (tertiary alicyclic amines) is 1. The van der Waals surface area contributed by atoms with Gasteiger partial charge in [-0.1, -0.05) is 12.1 Å². The van der Waals surface area contributed by atoms with Gasteiger partial charge in [0.05, 0.1) is 17.7 Å². The molecular formula is C25H31N3O5S. The lowest BCUT2D eigenvalue weighted by Gasteiger charge is -2.38. The van der Waals surface area contributed by atoms with Crippen molar-refractivity contribution in [2.45, 2.75) is 38.0 Å². The Kier molecular flexibility index (Phi) is 6.95. The van der Waals surface area contributed by atoms with Crippen molar-refractivity contribution in [3.63, 3.8) is 0 Å². The van der Waals surface area contributed by atoms with E-state index in [4.69, 9.17) is 4.42 Å². The van der Waals surface area contributed by atoms with E-state index in [1.807, 2.05) is 26.0 Å². The maximum absolute atomic E-state index is 13.2. The van der Waals surface area contributed by atoms with Gasteiger partial charge >= 0.3 is 0 Å². The van der Waals surface area contributed by atoms with Crippen LogP contribution in [0.15, 0.2) is 52.0 Å². The van der Waals surface area contributed by atoms with Crippen molar-refractivity contribution in [2.24, 2.45) is 5.41 Å². The lowest BCUT2D eigenvalue weighted by Crippen LogP contribution is -2.45. The predicted octanol–water partition coefficient (Wildman–Crippen LogP) is 2.73. The van der Waals surface area contributed by atoms with E-state index in [9.17, 15) is 18.0 Å². The summed E-state index contributed by atoms with van der Waals surface area (Å²) in [7, 11) is -3.54. The normalized spacial score (nSPS) is 18.6. The Morgan fingerprint density at radius 3 is 2.56 bits per heavy atom. The number of piperidine rings is 1. The van der Waals surface area contributed by atoms with Crippen molar-refractivity contribution in [1.82, 2.24) is 14.5 Å². The number of hydrogen-bond donors (Lipinski definition) is 1. The number of sulfonamides is 1. The summed E-state index contributed by atoms with van der Waals surface area (Å²) < 4.78 is 33.2. The Morgan fingerprint density at radius 2 is 1.85 bits per heavy atom. The smallest absolute Gasteiger partial charge is 0.244 e. The van der Waals surface area contributed by atoms with Gasteiger partial charge < -0.3 is 14.6 Å². The van der Waals surface area contributed by atoms with Crippen LogP contribution in [0.5, 0.6) is 0 Å². The number of amides is 2. The molecule has 2 amide bonds. The van der Waals surface area contributed by atoms with Crippen LogP contribution < -0.4 is 5.32 Å². The van der Waals surface area contributed by atoms with E-state index in [0.717, 1.165) is 30.4 Å². The van der Waals surface area contributed by atoms with E-state index in [1.54, 1.807) is 33.5 Å². The van der Waals surface area contributed by atoms with Gasteiger partial charge in [-0.3, -0.25) is 9.59 Å². The Labute approximate surface area is 200 Å². The molecule has 0 unspecified atom stereocenters. The molecule has 4 rings (SSSR count). The van der Waals surface area contributed by atoms with Crippen molar-refractivity contribution >= 4 is 27.9 Å². The minimum atomic E-state index is -3.54. The molecule has 1 aromatic heterocycles. The summed E-state index contributed by atoms with van der Waals surface area (Å²) in [4.78, 5) is 26.8. The number of nitrogens with zero attached hydrogens (tertiary/aromatic N) is 2. The number of rotatable bonds is 6. The number of benzene rings is 1. The Hall–Kier alpha value is -2.91. The number of hydrogen-bond acceptors (Lipinski definition) is 5. The fraction of sp³-hybridized carbons (Fsp3) is 0.440. The molecule has 1 aromatic carbocycles. The molecule has 1 N–H and O–H groups in total. The summed E-state index contributed by atoms with van der Waals surface area (Å²) in [6, 6.07) is 8.97. The summed E-state index contributed by atoms with van der Waals surface area (Å²) in [5.41, 5.74) is 1.61. The third-order valence-corrected chi connectivity index (χ3v) is 8.93. The van der Waals surface area contributed by atoms with Crippen molar-refractivity contribution in [1.29, 1.82) is 0 Å². The van der Waals surface area contributed by atoms with Crippen LogP contribution in [0.1, 0.15) is 36.1 Å². The quantitative estimate of drug-likeness (QED) is 0.634. The summed E-state index contributed by atoms with van der Waals surface area (Å²) in [6.45, 7) is 5.78. The molecule has 9 heteroatoms. The van der Waals surface area contributed by atoms with Crippen LogP contribution in [0.4, 0.5) is 0 Å². The minimum Gasteiger partial charge on any atom is -0.465 e. The van der Waals surface area contributed by atoms with Gasteiger partial charge in [-0.05, 0) is 73.9 Å². The molecule has 2 fully saturated rings. The molecule has 2 saturated heterocycles. The third kappa shape index (κ3) is 5.26. The number of aryl methyl sites for hydroxylation is 2. The summed E-state index contributed by atoms with van der Waals surface area (Å²) in [6.07, 6.45) is 6.70. The van der Waals surface area contributed by atoms with Gasteiger partial charge in [0.15, 0.2) is 0 Å². The largest absolute Gasteiger partial charge is 0.465 e. The average molecular weight is 486 g/mol. The molecular weight excluding hydrogens is 454 g/mol. The van der Waals surface area contributed by atoms with Gasteiger partial charge in [0.1, 0.15) is 5.76 Å². The maximum Gasteiger partial charge on any atom is 0.244 e. The topological polar surface area (TPSA) is 99.9 Å². The number of carbonyl (C=O) groups is 2. The first-order valence-electron chi connectivity index (χ1n) is 11.5. The van der Waals surface area contributed by atoms with Crippen LogP contribution in [-0.4, -0.2) is 62.2 Å². The Bertz CT molecular complexity index is 1180. The zero-order chi connectivity index (χ0) is 24.3. The standard InChI is InChI=1S/C25H31N3O5S/c1-19-5-6-20(2)22(16-19)34(31,32)28-13-10-25(11-14-28)9-12-27(18-25)24(30)17-26-23(29)8-7-21-4-3-15-33-21/h3-8,15-16H,9-14,17-18H2,1-2H3,(H,26,29). The van der Waals surface area contributed by atoms with Crippen LogP contribution in [0.2, 0.25) is 0 Å². The predicted molar refractivity (Wildman–Crippen MR) is 128 cm³/mol. The van der Waals surface area contributed by atoms with E-state index >= 15 is 0 Å². The second-order valence-electron chi connectivity index (χ2n) is 9.30. The maximum atomic E-state index is 13.2. The van der Waals surface area contributed by atoms with E-state index < -0.39 is 10.0 Å². The van der Waals surface area contributed by atoms with Crippen LogP contribution in [0.3, 0.4) is 0 Å². The average Bonchev–Trinajstić information content (AvgIpc) is 3.48. The van der Waals surface area contributed by atoms with Gasteiger partial charge in [-0.25, -0.2) is 8.42 Å². The molecule has 2 aliphatic rings. The molecule has 2 aromatic rings. The van der Waals surface area contributed by atoms with Gasteiger partial charge in [-0.2, -0.15) is 4.31 Å². The van der Waals surface area contributed by atoms with Crippen molar-refractivity contribution in [3.05, 3.63) is 59.6 Å². The number of furan rings is 1. The van der Waals surface area contributed by atoms with Gasteiger partial charge in [0.25, 0.3) is 0 Å². The lowest BCUT2D eigenvalue weighted by molar-refractivity contribution is -0.131. The molecule has 1 spiro atoms. The van der Waals surface area contributed by atoms with Crippen LogP contribution in [0.25, 0.3) is 6.08 Å². The Morgan fingerprint density at radius 1 is 1.12 bits per heavy atom. The van der Waals surface area contributed by atoms with E-state index in [0.29, 0.717) is 36.8 Å². The van der Waals surface area contributed by atoms with Crippen molar-refractivity contribution < 1.29 is 22.4 Å². The lowest BCUT2D eigenvalue weighted by atomic mass is 9.78. The fourth-order valence-corrected chi connectivity index (χ4v) is 6.51. The first-order valence-corrected chi connectivity index (χ1v) is 13.0. The van der Waals surface area contributed by atoms with Gasteiger partial charge in [0, 0.05) is 32.3 Å². The second kappa shape index (κ2) is 9.76. The van der Waals surface area contributed by atoms with Gasteiger partial charge in [-0.15, -0.1) is 0 Å². The highest BCUT2D eigenvalue weighted by atomic mass is 32.2. The first kappa shape index (κ1) is 24.2. The molecule has 0 radical (unpaired) electrons. The summed E-state index contributed by atoms with van der Waals surface area (Å²) in [5.74, 6) is 0.0829. The van der Waals surface area contributed by atoms with Crippen LogP contribution in [0, 0.1) is 19.3 Å². The molecule has 2 aliphatic heterocycles. The first-order chi connectivity index (χ1) is 16.2. The van der Waals surface area contributed by atoms with Gasteiger partial charge in [0.2, 0.25) is 21.8 Å². The Balaban J connectivity index is 1.29. The fourth-order valence-electron chi connectivity index (χ4n) is 4.76. The summed E-state index contributed by atoms with van der Waals surface area (Å²) in [5, 5.41) is 2.62. The molecule has 34 heavy (non-hydrogen) atoms. The third-order valence-electron chi connectivity index (χ3n) is 6.89. The highest BCUT2D eigenvalue weighted by Gasteiger charge is 2.44. The SMILES string of the molecule is Cc1ccc(C)c(S(=O)(=O)N2CCC3(CCN(C(=O)CNC(=O)C=Cc4ccco4)C3)CC2)c1. The number of carbonyl (C=O) groups excluding carboxylic acids is 2. The molecule has 3 heterocycles. The molecule has 8 nitrogen and oxygen atoms in total. The highest BCUT2D eigenvalue weighted by Crippen LogP contribution is 2.41. The van der Waals surface area contributed by atoms with E-state index in [1.165, 1.54) is 12.3 Å². The molecule has 0 aliphatic carbocycles. The van der Waals surface area contributed by atoms with Crippen molar-refractivity contribution in [2.75, 3.05) is 32.7 Å². The zero-order valence-electron chi connectivity index (χ0n) is 19.6. The van der Waals surface area contributed by atoms with E-state index in [2.05, 4.69) is 5.32 Å². The minimum absolute atomic E-state index is 0.0630. The molecule has 0 saturated carbocycles. The monoisotopic (exact) mass is 485 g/mol. The summed E-state index contributed by atoms with van der Waals surface area (Å²) >= 11 is 0. The van der Waals surface area contributed by atoms with E-state index in [-0.39, 0.29) is 23.8 Å². The molecule has 0 bridgehead atoms. The highest BCUT2D eigenvalue weighted by molar-refractivity contribution is 7.89. The van der Waals surface area contributed by atoms with Crippen LogP contribution in [-0.2, 0) is 19.6 Å². The van der Waals surface area contributed by atoms with Crippen LogP contribution >= 0.6 is 0 Å². The second-order valence-corrected chi connectivity index (χ2v) is 11.2. The molecule has 182 valence electrons. The zero-order valence-corrected chi connectivity index (χ0v) is 20.4. The van der Waals surface area contributed by atoms with Crippen molar-refractivity contribution in [3.8, 4) is 0 Å². The number of nitrogens with one attached hydrogen (secondary N) is 1.